The summed E-state index contributed by atoms with van der Waals surface area (Å²) in [5.41, 5.74) is 2.00. The summed E-state index contributed by atoms with van der Waals surface area (Å²) in [6.45, 7) is 1.78. The number of nitrogens with zero attached hydrogens (tertiary/aromatic N) is 2. The molecule has 0 saturated carbocycles. The minimum absolute atomic E-state index is 0.0727. The number of rotatable bonds is 2. The molecule has 5 heteroatoms. The van der Waals surface area contributed by atoms with E-state index in [-0.39, 0.29) is 6.42 Å². The Labute approximate surface area is 91.1 Å². The summed E-state index contributed by atoms with van der Waals surface area (Å²) >= 11 is 5.99. The van der Waals surface area contributed by atoms with Crippen LogP contribution in [0.3, 0.4) is 0 Å². The normalized spacial score (nSPS) is 10.8. The maximum absolute atomic E-state index is 10.7. The van der Waals surface area contributed by atoms with Gasteiger partial charge in [0.1, 0.15) is 10.8 Å². The monoisotopic (exact) mass is 224 g/mol. The third-order valence-corrected chi connectivity index (χ3v) is 2.51. The predicted molar refractivity (Wildman–Crippen MR) is 56.3 cm³/mol. The molecule has 2 aromatic rings. The van der Waals surface area contributed by atoms with Crippen molar-refractivity contribution in [3.8, 4) is 0 Å². The first-order valence-corrected chi connectivity index (χ1v) is 4.81. The van der Waals surface area contributed by atoms with Crippen molar-refractivity contribution in [3.63, 3.8) is 0 Å². The summed E-state index contributed by atoms with van der Waals surface area (Å²) in [7, 11) is 0. The van der Waals surface area contributed by atoms with E-state index in [2.05, 4.69) is 4.98 Å². The van der Waals surface area contributed by atoms with Gasteiger partial charge in [-0.2, -0.15) is 0 Å². The molecular formula is C10H9ClN2O2. The van der Waals surface area contributed by atoms with E-state index in [0.717, 1.165) is 0 Å². The molecule has 0 bridgehead atoms. The van der Waals surface area contributed by atoms with Gasteiger partial charge >= 0.3 is 5.97 Å². The molecule has 0 saturated heterocycles. The van der Waals surface area contributed by atoms with Gasteiger partial charge in [0.05, 0.1) is 17.8 Å². The lowest BCUT2D eigenvalue weighted by molar-refractivity contribution is -0.136. The zero-order chi connectivity index (χ0) is 11.0. The number of aromatic nitrogens is 2. The number of fused-ring (bicyclic) bond motifs is 1. The van der Waals surface area contributed by atoms with Crippen LogP contribution in [0.2, 0.25) is 5.15 Å². The van der Waals surface area contributed by atoms with Crippen molar-refractivity contribution in [1.29, 1.82) is 0 Å². The van der Waals surface area contributed by atoms with Gasteiger partial charge in [0.15, 0.2) is 0 Å². The molecule has 2 aromatic heterocycles. The lowest BCUT2D eigenvalue weighted by atomic mass is 10.2. The van der Waals surface area contributed by atoms with Crippen LogP contribution in [0.5, 0.6) is 0 Å². The second kappa shape index (κ2) is 3.55. The van der Waals surface area contributed by atoms with E-state index >= 15 is 0 Å². The van der Waals surface area contributed by atoms with Gasteiger partial charge in [-0.1, -0.05) is 17.7 Å². The Kier molecular flexibility index (Phi) is 2.36. The van der Waals surface area contributed by atoms with Crippen molar-refractivity contribution >= 4 is 23.2 Å². The Morgan fingerprint density at radius 1 is 1.60 bits per heavy atom. The standard InChI is InChI=1S/C10H9ClN2O2/c1-6-7(5-10(14)15)13-8(11)3-2-4-9(13)12-6/h2-4H,5H2,1H3,(H,14,15). The van der Waals surface area contributed by atoms with Gasteiger partial charge in [-0.25, -0.2) is 4.98 Å². The number of carboxylic acid groups (broad SMARTS) is 1. The fourth-order valence-electron chi connectivity index (χ4n) is 1.57. The quantitative estimate of drug-likeness (QED) is 0.793. The number of carbonyl (C=O) groups is 1. The lowest BCUT2D eigenvalue weighted by Crippen LogP contribution is -2.05. The molecule has 0 fully saturated rings. The van der Waals surface area contributed by atoms with Crippen molar-refractivity contribution in [3.05, 3.63) is 34.7 Å². The SMILES string of the molecule is Cc1nc2cccc(Cl)n2c1CC(=O)O. The van der Waals surface area contributed by atoms with Gasteiger partial charge in [-0.3, -0.25) is 9.20 Å². The van der Waals surface area contributed by atoms with E-state index < -0.39 is 5.97 Å². The van der Waals surface area contributed by atoms with Crippen molar-refractivity contribution in [2.75, 3.05) is 0 Å². The summed E-state index contributed by atoms with van der Waals surface area (Å²) in [6, 6.07) is 5.29. The van der Waals surface area contributed by atoms with Gasteiger partial charge < -0.3 is 5.11 Å². The maximum atomic E-state index is 10.7. The average molecular weight is 225 g/mol. The van der Waals surface area contributed by atoms with Gasteiger partial charge in [0, 0.05) is 0 Å². The molecule has 2 heterocycles. The highest BCUT2D eigenvalue weighted by molar-refractivity contribution is 6.29. The van der Waals surface area contributed by atoms with Crippen LogP contribution in [-0.2, 0) is 11.2 Å². The molecule has 0 atom stereocenters. The van der Waals surface area contributed by atoms with Gasteiger partial charge in [-0.05, 0) is 19.1 Å². The van der Waals surface area contributed by atoms with Gasteiger partial charge in [-0.15, -0.1) is 0 Å². The van der Waals surface area contributed by atoms with Crippen molar-refractivity contribution in [2.24, 2.45) is 0 Å². The molecule has 0 unspecified atom stereocenters. The van der Waals surface area contributed by atoms with E-state index in [1.165, 1.54) is 0 Å². The van der Waals surface area contributed by atoms with Crippen LogP contribution in [0.4, 0.5) is 0 Å². The lowest BCUT2D eigenvalue weighted by Gasteiger charge is -2.01. The van der Waals surface area contributed by atoms with Crippen molar-refractivity contribution in [2.45, 2.75) is 13.3 Å². The molecule has 2 rings (SSSR count). The first-order chi connectivity index (χ1) is 7.09. The second-order valence-electron chi connectivity index (χ2n) is 3.26. The van der Waals surface area contributed by atoms with Crippen LogP contribution in [0.1, 0.15) is 11.4 Å². The van der Waals surface area contributed by atoms with Gasteiger partial charge in [0.25, 0.3) is 0 Å². The highest BCUT2D eigenvalue weighted by Crippen LogP contribution is 2.18. The molecule has 0 aliphatic rings. The van der Waals surface area contributed by atoms with Gasteiger partial charge in [0.2, 0.25) is 0 Å². The largest absolute Gasteiger partial charge is 0.481 e. The number of imidazole rings is 1. The van der Waals surface area contributed by atoms with Crippen LogP contribution in [0.25, 0.3) is 5.65 Å². The van der Waals surface area contributed by atoms with Crippen molar-refractivity contribution < 1.29 is 9.90 Å². The number of hydrogen-bond acceptors (Lipinski definition) is 2. The number of hydrogen-bond donors (Lipinski definition) is 1. The summed E-state index contributed by atoms with van der Waals surface area (Å²) < 4.78 is 1.66. The molecule has 0 radical (unpaired) electrons. The van der Waals surface area contributed by atoms with E-state index in [1.54, 1.807) is 29.5 Å². The first kappa shape index (κ1) is 9.98. The van der Waals surface area contributed by atoms with E-state index in [4.69, 9.17) is 16.7 Å². The number of aliphatic carboxylic acids is 1. The number of pyridine rings is 1. The third-order valence-electron chi connectivity index (χ3n) is 2.21. The summed E-state index contributed by atoms with van der Waals surface area (Å²) in [5.74, 6) is -0.889. The average Bonchev–Trinajstić information content (AvgIpc) is 2.43. The molecule has 0 aromatic carbocycles. The van der Waals surface area contributed by atoms with Crippen LogP contribution in [0.15, 0.2) is 18.2 Å². The van der Waals surface area contributed by atoms with E-state index in [1.807, 2.05) is 0 Å². The van der Waals surface area contributed by atoms with Crippen LogP contribution in [0, 0.1) is 6.92 Å². The third kappa shape index (κ3) is 1.68. The van der Waals surface area contributed by atoms with E-state index in [0.29, 0.717) is 22.2 Å². The predicted octanol–water partition coefficient (Wildman–Crippen LogP) is 1.92. The fourth-order valence-corrected chi connectivity index (χ4v) is 1.84. The smallest absolute Gasteiger partial charge is 0.309 e. The molecule has 0 spiro atoms. The van der Waals surface area contributed by atoms with Crippen LogP contribution in [-0.4, -0.2) is 20.5 Å². The minimum Gasteiger partial charge on any atom is -0.481 e. The molecule has 15 heavy (non-hydrogen) atoms. The second-order valence-corrected chi connectivity index (χ2v) is 3.64. The molecule has 0 aliphatic carbocycles. The Hall–Kier alpha value is -1.55. The van der Waals surface area contributed by atoms with Crippen LogP contribution < -0.4 is 0 Å². The first-order valence-electron chi connectivity index (χ1n) is 4.44. The zero-order valence-corrected chi connectivity index (χ0v) is 8.82. The Morgan fingerprint density at radius 2 is 2.33 bits per heavy atom. The minimum atomic E-state index is -0.889. The zero-order valence-electron chi connectivity index (χ0n) is 8.07. The Bertz CT molecular complexity index is 533. The highest BCUT2D eigenvalue weighted by Gasteiger charge is 2.13. The number of halogens is 1. The number of aryl methyl sites for hydroxylation is 1. The number of carboxylic acids is 1. The Morgan fingerprint density at radius 3 is 3.00 bits per heavy atom. The van der Waals surface area contributed by atoms with E-state index in [9.17, 15) is 4.79 Å². The highest BCUT2D eigenvalue weighted by atomic mass is 35.5. The van der Waals surface area contributed by atoms with Crippen molar-refractivity contribution in [1.82, 2.24) is 9.38 Å². The Balaban J connectivity index is 2.71. The summed E-state index contributed by atoms with van der Waals surface area (Å²) in [6.07, 6.45) is -0.0727. The molecule has 78 valence electrons. The molecule has 0 aliphatic heterocycles. The van der Waals surface area contributed by atoms with Crippen LogP contribution >= 0.6 is 11.6 Å². The molecule has 4 nitrogen and oxygen atoms in total. The molecular weight excluding hydrogens is 216 g/mol. The topological polar surface area (TPSA) is 54.6 Å². The fraction of sp³-hybridized carbons (Fsp3) is 0.200. The summed E-state index contributed by atoms with van der Waals surface area (Å²) in [4.78, 5) is 14.9. The summed E-state index contributed by atoms with van der Waals surface area (Å²) in [5, 5.41) is 9.25. The maximum Gasteiger partial charge on any atom is 0.309 e. The molecule has 0 amide bonds. The molecule has 1 N–H and O–H groups in total.